The first kappa shape index (κ1) is 14.2. The molecule has 0 fully saturated rings. The van der Waals surface area contributed by atoms with E-state index in [4.69, 9.17) is 33.4 Å². The lowest BCUT2D eigenvalue weighted by molar-refractivity contribution is 0.0802. The van der Waals surface area contributed by atoms with E-state index in [2.05, 4.69) is 5.32 Å². The van der Waals surface area contributed by atoms with Gasteiger partial charge < -0.3 is 15.5 Å². The van der Waals surface area contributed by atoms with Crippen LogP contribution < -0.4 is 5.32 Å². The largest absolute Gasteiger partial charge is 0.394 e. The van der Waals surface area contributed by atoms with Gasteiger partial charge >= 0.3 is 0 Å². The van der Waals surface area contributed by atoms with Crippen molar-refractivity contribution in [3.8, 4) is 0 Å². The summed E-state index contributed by atoms with van der Waals surface area (Å²) in [6, 6.07) is 2.03. The van der Waals surface area contributed by atoms with E-state index < -0.39 is 24.4 Å². The summed E-state index contributed by atoms with van der Waals surface area (Å²) in [5.74, 6) is -1.41. The second-order valence-corrected chi connectivity index (χ2v) is 4.11. The molecule has 4 nitrogen and oxygen atoms in total. The predicted molar refractivity (Wildman–Crippen MR) is 61.8 cm³/mol. The molecule has 0 spiro atoms. The van der Waals surface area contributed by atoms with Crippen LogP contribution in [0.5, 0.6) is 0 Å². The minimum atomic E-state index is -1.07. The number of amides is 1. The molecule has 1 rings (SSSR count). The van der Waals surface area contributed by atoms with E-state index in [1.54, 1.807) is 0 Å². The van der Waals surface area contributed by atoms with E-state index in [-0.39, 0.29) is 22.2 Å². The second-order valence-electron chi connectivity index (χ2n) is 3.29. The van der Waals surface area contributed by atoms with Crippen molar-refractivity contribution in [3.63, 3.8) is 0 Å². The van der Waals surface area contributed by atoms with Gasteiger partial charge in [-0.1, -0.05) is 23.2 Å². The van der Waals surface area contributed by atoms with Crippen LogP contribution in [0.2, 0.25) is 10.0 Å². The molecule has 0 heterocycles. The van der Waals surface area contributed by atoms with Gasteiger partial charge in [0.15, 0.2) is 0 Å². The zero-order chi connectivity index (χ0) is 13.0. The number of carbonyl (C=O) groups excluding carboxylic acids is 1. The average molecular weight is 282 g/mol. The van der Waals surface area contributed by atoms with Gasteiger partial charge in [-0.05, 0) is 12.1 Å². The lowest BCUT2D eigenvalue weighted by Gasteiger charge is -2.10. The Morgan fingerprint density at radius 3 is 2.65 bits per heavy atom. The van der Waals surface area contributed by atoms with Crippen LogP contribution in [0.4, 0.5) is 4.39 Å². The monoisotopic (exact) mass is 281 g/mol. The Hall–Kier alpha value is -0.880. The maximum atomic E-state index is 13.1. The fourth-order valence-electron chi connectivity index (χ4n) is 1.07. The van der Waals surface area contributed by atoms with Crippen molar-refractivity contribution < 1.29 is 19.4 Å². The second kappa shape index (κ2) is 6.16. The molecule has 0 bridgehead atoms. The highest BCUT2D eigenvalue weighted by atomic mass is 35.5. The van der Waals surface area contributed by atoms with Crippen molar-refractivity contribution in [2.45, 2.75) is 6.10 Å². The summed E-state index contributed by atoms with van der Waals surface area (Å²) >= 11 is 11.2. The van der Waals surface area contributed by atoms with Crippen molar-refractivity contribution in [1.29, 1.82) is 0 Å². The Morgan fingerprint density at radius 1 is 1.41 bits per heavy atom. The number of aliphatic hydroxyl groups is 2. The molecular weight excluding hydrogens is 272 g/mol. The summed E-state index contributed by atoms with van der Waals surface area (Å²) < 4.78 is 13.1. The van der Waals surface area contributed by atoms with Crippen molar-refractivity contribution in [1.82, 2.24) is 5.32 Å². The number of hydrogen-bond donors (Lipinski definition) is 3. The van der Waals surface area contributed by atoms with Crippen LogP contribution in [-0.2, 0) is 0 Å². The number of hydrogen-bond acceptors (Lipinski definition) is 3. The lowest BCUT2D eigenvalue weighted by atomic mass is 10.2. The summed E-state index contributed by atoms with van der Waals surface area (Å²) in [4.78, 5) is 11.6. The highest BCUT2D eigenvalue weighted by molar-refractivity contribution is 6.36. The maximum absolute atomic E-state index is 13.1. The van der Waals surface area contributed by atoms with Gasteiger partial charge in [0.05, 0.1) is 28.3 Å². The van der Waals surface area contributed by atoms with E-state index in [0.29, 0.717) is 0 Å². The highest BCUT2D eigenvalue weighted by Gasteiger charge is 2.14. The molecule has 1 amide bonds. The third-order valence-corrected chi connectivity index (χ3v) is 2.57. The molecule has 0 saturated carbocycles. The highest BCUT2D eigenvalue weighted by Crippen LogP contribution is 2.24. The molecule has 0 aliphatic carbocycles. The van der Waals surface area contributed by atoms with Crippen LogP contribution in [0, 0.1) is 5.82 Å². The first-order valence-electron chi connectivity index (χ1n) is 4.67. The standard InChI is InChI=1S/C10H10Cl2FNO3/c11-7-2-8(12)9(13)1-6(7)10(17)14-3-5(16)4-15/h1-2,5,15-16H,3-4H2,(H,14,17). The Morgan fingerprint density at radius 2 is 2.06 bits per heavy atom. The zero-order valence-electron chi connectivity index (χ0n) is 8.58. The van der Waals surface area contributed by atoms with Gasteiger partial charge in [-0.25, -0.2) is 4.39 Å². The van der Waals surface area contributed by atoms with E-state index >= 15 is 0 Å². The predicted octanol–water partition coefficient (Wildman–Crippen LogP) is 1.22. The number of halogens is 3. The lowest BCUT2D eigenvalue weighted by Crippen LogP contribution is -2.34. The molecule has 1 aromatic carbocycles. The van der Waals surface area contributed by atoms with Crippen molar-refractivity contribution in [3.05, 3.63) is 33.6 Å². The van der Waals surface area contributed by atoms with Crippen LogP contribution in [0.15, 0.2) is 12.1 Å². The molecule has 3 N–H and O–H groups in total. The smallest absolute Gasteiger partial charge is 0.252 e. The summed E-state index contributed by atoms with van der Waals surface area (Å²) in [5.41, 5.74) is -0.0845. The number of rotatable bonds is 4. The number of benzene rings is 1. The van der Waals surface area contributed by atoms with E-state index in [1.807, 2.05) is 0 Å². The Bertz CT molecular complexity index is 428. The topological polar surface area (TPSA) is 69.6 Å². The van der Waals surface area contributed by atoms with Gasteiger partial charge in [-0.3, -0.25) is 4.79 Å². The molecule has 1 aromatic rings. The van der Waals surface area contributed by atoms with Crippen LogP contribution in [0.3, 0.4) is 0 Å². The van der Waals surface area contributed by atoms with Gasteiger partial charge in [-0.15, -0.1) is 0 Å². The quantitative estimate of drug-likeness (QED) is 0.727. The van der Waals surface area contributed by atoms with E-state index in [9.17, 15) is 9.18 Å². The Balaban J connectivity index is 2.79. The number of nitrogens with one attached hydrogen (secondary N) is 1. The van der Waals surface area contributed by atoms with Crippen molar-refractivity contribution in [2.75, 3.05) is 13.2 Å². The summed E-state index contributed by atoms with van der Waals surface area (Å²) in [7, 11) is 0. The molecule has 17 heavy (non-hydrogen) atoms. The van der Waals surface area contributed by atoms with Crippen LogP contribution >= 0.6 is 23.2 Å². The first-order valence-corrected chi connectivity index (χ1v) is 5.43. The molecule has 0 radical (unpaired) electrons. The molecule has 7 heteroatoms. The molecule has 94 valence electrons. The normalized spacial score (nSPS) is 12.3. The van der Waals surface area contributed by atoms with Gasteiger partial charge in [0.2, 0.25) is 0 Å². The molecular formula is C10H10Cl2FNO3. The number of carbonyl (C=O) groups is 1. The van der Waals surface area contributed by atoms with Crippen LogP contribution in [0.25, 0.3) is 0 Å². The Labute approximate surface area is 107 Å². The van der Waals surface area contributed by atoms with Gasteiger partial charge in [0.1, 0.15) is 5.82 Å². The zero-order valence-corrected chi connectivity index (χ0v) is 10.1. The van der Waals surface area contributed by atoms with Gasteiger partial charge in [-0.2, -0.15) is 0 Å². The maximum Gasteiger partial charge on any atom is 0.252 e. The van der Waals surface area contributed by atoms with Gasteiger partial charge in [0, 0.05) is 6.54 Å². The Kier molecular flexibility index (Phi) is 5.14. The third-order valence-electron chi connectivity index (χ3n) is 1.96. The summed E-state index contributed by atoms with van der Waals surface area (Å²) in [6.07, 6.45) is -1.07. The average Bonchev–Trinajstić information content (AvgIpc) is 2.30. The van der Waals surface area contributed by atoms with Crippen LogP contribution in [-0.4, -0.2) is 35.4 Å². The molecule has 1 atom stereocenters. The summed E-state index contributed by atoms with van der Waals surface area (Å²) in [6.45, 7) is -0.640. The fraction of sp³-hybridized carbons (Fsp3) is 0.300. The SMILES string of the molecule is O=C(NCC(O)CO)c1cc(F)c(Cl)cc1Cl. The van der Waals surface area contributed by atoms with E-state index in [0.717, 1.165) is 12.1 Å². The fourth-order valence-corrected chi connectivity index (χ4v) is 1.54. The molecule has 0 saturated heterocycles. The summed E-state index contributed by atoms with van der Waals surface area (Å²) in [5, 5.41) is 19.7. The van der Waals surface area contributed by atoms with Crippen LogP contribution in [0.1, 0.15) is 10.4 Å². The number of aliphatic hydroxyl groups excluding tert-OH is 2. The third kappa shape index (κ3) is 3.81. The first-order chi connectivity index (χ1) is 7.95. The molecule has 0 aromatic heterocycles. The minimum Gasteiger partial charge on any atom is -0.394 e. The molecule has 0 aliphatic heterocycles. The minimum absolute atomic E-state index is 0.00684. The van der Waals surface area contributed by atoms with E-state index in [1.165, 1.54) is 0 Å². The molecule has 0 aliphatic rings. The van der Waals surface area contributed by atoms with Crippen molar-refractivity contribution in [2.24, 2.45) is 0 Å². The van der Waals surface area contributed by atoms with Gasteiger partial charge in [0.25, 0.3) is 5.91 Å². The molecule has 1 unspecified atom stereocenters. The van der Waals surface area contributed by atoms with Crippen molar-refractivity contribution >= 4 is 29.1 Å².